The minimum Gasteiger partial charge on any atom is -0.379 e. The van der Waals surface area contributed by atoms with Crippen molar-refractivity contribution in [3.05, 3.63) is 114 Å². The molecule has 1 saturated heterocycles. The number of benzene rings is 3. The average molecular weight is 591 g/mol. The van der Waals surface area contributed by atoms with E-state index in [1.807, 2.05) is 67.7 Å². The van der Waals surface area contributed by atoms with E-state index in [1.54, 1.807) is 35.2 Å². The van der Waals surface area contributed by atoms with Gasteiger partial charge in [0.1, 0.15) is 11.8 Å². The molecule has 0 saturated carbocycles. The highest BCUT2D eigenvalue weighted by atomic mass is 32.2. The maximum absolute atomic E-state index is 13.7. The maximum atomic E-state index is 13.7. The van der Waals surface area contributed by atoms with Crippen LogP contribution in [0.2, 0.25) is 0 Å². The molecule has 3 amide bonds. The standard InChI is InChI=1S/C32H38N4O5S/c1-35-20-22-36(23-21-35)32(38)34-30(25-27-13-7-3-8-14-27)31(37)33-28(18-17-26-11-5-2-6-12-26)19-24-42(39,40)41-29-15-9-4-10-16-29/h2-16,19,24,28,30H,17-18,20-23,25H2,1H3,(H,33,37)(H,34,38)/b24-19+/t28-,30-/m0/s1. The number of para-hydroxylation sites is 1. The number of carbonyl (C=O) groups excluding carboxylic acids is 2. The molecule has 2 N–H and O–H groups in total. The van der Waals surface area contributed by atoms with E-state index in [9.17, 15) is 18.0 Å². The summed E-state index contributed by atoms with van der Waals surface area (Å²) in [6.45, 7) is 2.66. The van der Waals surface area contributed by atoms with Gasteiger partial charge in [-0.3, -0.25) is 4.79 Å². The number of rotatable bonds is 12. The highest BCUT2D eigenvalue weighted by Gasteiger charge is 2.27. The van der Waals surface area contributed by atoms with Gasteiger partial charge in [0.15, 0.2) is 0 Å². The third kappa shape index (κ3) is 10.0. The molecule has 1 fully saturated rings. The smallest absolute Gasteiger partial charge is 0.332 e. The van der Waals surface area contributed by atoms with Crippen LogP contribution in [0.5, 0.6) is 5.75 Å². The maximum Gasteiger partial charge on any atom is 0.332 e. The van der Waals surface area contributed by atoms with Crippen LogP contribution in [0.3, 0.4) is 0 Å². The fourth-order valence-electron chi connectivity index (χ4n) is 4.60. The molecular formula is C32H38N4O5S. The van der Waals surface area contributed by atoms with Crippen molar-refractivity contribution in [3.63, 3.8) is 0 Å². The van der Waals surface area contributed by atoms with Gasteiger partial charge < -0.3 is 24.6 Å². The van der Waals surface area contributed by atoms with Crippen LogP contribution in [0.25, 0.3) is 0 Å². The van der Waals surface area contributed by atoms with Gasteiger partial charge in [0.25, 0.3) is 0 Å². The second-order valence-electron chi connectivity index (χ2n) is 10.3. The molecule has 42 heavy (non-hydrogen) atoms. The van der Waals surface area contributed by atoms with Crippen molar-refractivity contribution in [1.82, 2.24) is 20.4 Å². The number of urea groups is 1. The van der Waals surface area contributed by atoms with Crippen LogP contribution in [-0.4, -0.2) is 75.5 Å². The first-order valence-corrected chi connectivity index (χ1v) is 15.5. The Morgan fingerprint density at radius 3 is 2.02 bits per heavy atom. The Balaban J connectivity index is 1.50. The SMILES string of the molecule is CN1CCN(C(=O)N[C@@H](Cc2ccccc2)C(=O)N[C@H](/C=C/S(=O)(=O)Oc2ccccc2)CCc2ccccc2)CC1. The van der Waals surface area contributed by atoms with Crippen molar-refractivity contribution < 1.29 is 22.2 Å². The van der Waals surface area contributed by atoms with Crippen LogP contribution in [0, 0.1) is 0 Å². The quantitative estimate of drug-likeness (QED) is 0.312. The molecule has 2 atom stereocenters. The van der Waals surface area contributed by atoms with Gasteiger partial charge in [-0.25, -0.2) is 4.79 Å². The molecule has 1 aliphatic heterocycles. The molecule has 3 aromatic rings. The number of nitrogens with one attached hydrogen (secondary N) is 2. The fourth-order valence-corrected chi connectivity index (χ4v) is 5.42. The predicted molar refractivity (Wildman–Crippen MR) is 163 cm³/mol. The molecule has 0 unspecified atom stereocenters. The Hall–Kier alpha value is -4.15. The summed E-state index contributed by atoms with van der Waals surface area (Å²) in [5.74, 6) is -0.202. The van der Waals surface area contributed by atoms with Crippen LogP contribution in [-0.2, 0) is 27.8 Å². The highest BCUT2D eigenvalue weighted by Crippen LogP contribution is 2.14. The lowest BCUT2D eigenvalue weighted by molar-refractivity contribution is -0.123. The Labute approximate surface area is 248 Å². The first kappa shape index (κ1) is 30.8. The van der Waals surface area contributed by atoms with Gasteiger partial charge in [0.05, 0.1) is 5.41 Å². The minimum absolute atomic E-state index is 0.196. The third-order valence-electron chi connectivity index (χ3n) is 7.03. The number of piperazine rings is 1. The summed E-state index contributed by atoms with van der Waals surface area (Å²) < 4.78 is 30.6. The number of nitrogens with zero attached hydrogens (tertiary/aromatic N) is 2. The van der Waals surface area contributed by atoms with Crippen LogP contribution in [0.4, 0.5) is 4.79 Å². The Morgan fingerprint density at radius 2 is 1.40 bits per heavy atom. The zero-order valence-electron chi connectivity index (χ0n) is 23.8. The molecule has 10 heteroatoms. The van der Waals surface area contributed by atoms with E-state index in [0.717, 1.165) is 29.6 Å². The topological polar surface area (TPSA) is 108 Å². The van der Waals surface area contributed by atoms with Crippen molar-refractivity contribution in [2.24, 2.45) is 0 Å². The van der Waals surface area contributed by atoms with Crippen molar-refractivity contribution in [1.29, 1.82) is 0 Å². The average Bonchev–Trinajstić information content (AvgIpc) is 3.00. The second-order valence-corrected chi connectivity index (χ2v) is 11.8. The summed E-state index contributed by atoms with van der Waals surface area (Å²) in [5.41, 5.74) is 1.95. The lowest BCUT2D eigenvalue weighted by Crippen LogP contribution is -2.56. The van der Waals surface area contributed by atoms with E-state index >= 15 is 0 Å². The fraction of sp³-hybridized carbons (Fsp3) is 0.312. The summed E-state index contributed by atoms with van der Waals surface area (Å²) in [7, 11) is -2.06. The van der Waals surface area contributed by atoms with Crippen molar-refractivity contribution >= 4 is 22.1 Å². The van der Waals surface area contributed by atoms with E-state index in [-0.39, 0.29) is 18.2 Å². The molecule has 0 radical (unpaired) electrons. The molecule has 1 heterocycles. The van der Waals surface area contributed by atoms with E-state index in [2.05, 4.69) is 15.5 Å². The van der Waals surface area contributed by atoms with Crippen LogP contribution < -0.4 is 14.8 Å². The van der Waals surface area contributed by atoms with E-state index in [4.69, 9.17) is 4.18 Å². The lowest BCUT2D eigenvalue weighted by atomic mass is 10.0. The lowest BCUT2D eigenvalue weighted by Gasteiger charge is -2.33. The summed E-state index contributed by atoms with van der Waals surface area (Å²) in [6.07, 6.45) is 2.77. The molecule has 0 bridgehead atoms. The van der Waals surface area contributed by atoms with Crippen molar-refractivity contribution in [3.8, 4) is 5.75 Å². The molecule has 0 aliphatic carbocycles. The predicted octanol–water partition coefficient (Wildman–Crippen LogP) is 3.59. The molecule has 3 aromatic carbocycles. The van der Waals surface area contributed by atoms with Gasteiger partial charge in [-0.2, -0.15) is 8.42 Å². The van der Waals surface area contributed by atoms with Gasteiger partial charge in [0, 0.05) is 38.6 Å². The second kappa shape index (κ2) is 15.2. The van der Waals surface area contributed by atoms with E-state index in [1.165, 1.54) is 6.08 Å². The summed E-state index contributed by atoms with van der Waals surface area (Å²) in [4.78, 5) is 30.7. The summed E-state index contributed by atoms with van der Waals surface area (Å²) in [6, 6.07) is 25.7. The normalized spacial score (nSPS) is 15.6. The van der Waals surface area contributed by atoms with Crippen LogP contribution in [0.15, 0.2) is 102 Å². The van der Waals surface area contributed by atoms with Gasteiger partial charge >= 0.3 is 16.1 Å². The number of hydrogen-bond donors (Lipinski definition) is 2. The van der Waals surface area contributed by atoms with Crippen molar-refractivity contribution in [2.75, 3.05) is 33.2 Å². The summed E-state index contributed by atoms with van der Waals surface area (Å²) in [5, 5.41) is 6.87. The third-order valence-corrected chi connectivity index (χ3v) is 7.95. The van der Waals surface area contributed by atoms with Crippen LogP contribution in [0.1, 0.15) is 17.5 Å². The van der Waals surface area contributed by atoms with Crippen molar-refractivity contribution in [2.45, 2.75) is 31.3 Å². The molecule has 9 nitrogen and oxygen atoms in total. The molecule has 0 spiro atoms. The number of aryl methyl sites for hydroxylation is 1. The zero-order chi connectivity index (χ0) is 29.8. The zero-order valence-corrected chi connectivity index (χ0v) is 24.6. The molecule has 0 aromatic heterocycles. The van der Waals surface area contributed by atoms with E-state index < -0.39 is 28.1 Å². The number of likely N-dealkylation sites (N-methyl/N-ethyl adjacent to an activating group) is 1. The Bertz CT molecular complexity index is 1410. The number of hydrogen-bond acceptors (Lipinski definition) is 6. The monoisotopic (exact) mass is 590 g/mol. The first-order valence-electron chi connectivity index (χ1n) is 14.1. The number of carbonyl (C=O) groups is 2. The van der Waals surface area contributed by atoms with Gasteiger partial charge in [0.2, 0.25) is 5.91 Å². The molecule has 4 rings (SSSR count). The largest absolute Gasteiger partial charge is 0.379 e. The first-order chi connectivity index (χ1) is 20.3. The molecular weight excluding hydrogens is 552 g/mol. The molecule has 222 valence electrons. The van der Waals surface area contributed by atoms with Gasteiger partial charge in [-0.05, 0) is 49.2 Å². The van der Waals surface area contributed by atoms with Gasteiger partial charge in [-0.15, -0.1) is 0 Å². The molecule has 1 aliphatic rings. The Kier molecular flexibility index (Phi) is 11.1. The van der Waals surface area contributed by atoms with Crippen LogP contribution >= 0.6 is 0 Å². The van der Waals surface area contributed by atoms with Gasteiger partial charge in [-0.1, -0.05) is 78.9 Å². The number of amides is 3. The van der Waals surface area contributed by atoms with E-state index in [0.29, 0.717) is 25.9 Å². The minimum atomic E-state index is -4.07. The highest BCUT2D eigenvalue weighted by molar-refractivity contribution is 7.90. The Morgan fingerprint density at radius 1 is 0.833 bits per heavy atom. The summed E-state index contributed by atoms with van der Waals surface area (Å²) >= 11 is 0.